The molecular formula is C13H21N3O2. The van der Waals surface area contributed by atoms with Gasteiger partial charge in [-0.3, -0.25) is 4.79 Å². The largest absolute Gasteiger partial charge is 0.481 e. The van der Waals surface area contributed by atoms with Crippen LogP contribution in [0.5, 0.6) is 0 Å². The first-order chi connectivity index (χ1) is 8.43. The number of aromatic nitrogens is 2. The summed E-state index contributed by atoms with van der Waals surface area (Å²) in [6.45, 7) is 7.89. The fraction of sp³-hybridized carbons (Fsp3) is 0.615. The number of aryl methyl sites for hydroxylation is 2. The second-order valence-electron chi connectivity index (χ2n) is 4.59. The van der Waals surface area contributed by atoms with Gasteiger partial charge in [-0.25, -0.2) is 9.97 Å². The van der Waals surface area contributed by atoms with E-state index < -0.39 is 11.4 Å². The molecule has 0 unspecified atom stereocenters. The smallest absolute Gasteiger partial charge is 0.311 e. The van der Waals surface area contributed by atoms with Gasteiger partial charge in [0.25, 0.3) is 0 Å². The molecule has 1 rings (SSSR count). The number of hydrogen-bond acceptors (Lipinski definition) is 4. The SMILES string of the molecule is CCC(CC)(CNc1cc(C)nc(C)n1)C(=O)O. The lowest BCUT2D eigenvalue weighted by Gasteiger charge is -2.27. The predicted octanol–water partition coefficient (Wildman–Crippen LogP) is 2.40. The van der Waals surface area contributed by atoms with Gasteiger partial charge in [0.1, 0.15) is 11.6 Å². The van der Waals surface area contributed by atoms with Crippen molar-refractivity contribution in [2.45, 2.75) is 40.5 Å². The summed E-state index contributed by atoms with van der Waals surface area (Å²) in [5, 5.41) is 12.5. The van der Waals surface area contributed by atoms with Crippen molar-refractivity contribution in [1.29, 1.82) is 0 Å². The second kappa shape index (κ2) is 5.80. The average molecular weight is 251 g/mol. The summed E-state index contributed by atoms with van der Waals surface area (Å²) in [7, 11) is 0. The van der Waals surface area contributed by atoms with Crippen LogP contribution in [-0.4, -0.2) is 27.6 Å². The molecular weight excluding hydrogens is 230 g/mol. The fourth-order valence-electron chi connectivity index (χ4n) is 1.95. The number of carbonyl (C=O) groups is 1. The summed E-state index contributed by atoms with van der Waals surface area (Å²) in [4.78, 5) is 19.8. The molecule has 0 aliphatic heterocycles. The molecule has 0 amide bonds. The van der Waals surface area contributed by atoms with Crippen LogP contribution < -0.4 is 5.32 Å². The van der Waals surface area contributed by atoms with E-state index in [9.17, 15) is 9.90 Å². The minimum Gasteiger partial charge on any atom is -0.481 e. The Morgan fingerprint density at radius 2 is 1.94 bits per heavy atom. The topological polar surface area (TPSA) is 75.1 Å². The molecule has 0 spiro atoms. The van der Waals surface area contributed by atoms with Crippen molar-refractivity contribution in [1.82, 2.24) is 9.97 Å². The molecule has 18 heavy (non-hydrogen) atoms. The lowest BCUT2D eigenvalue weighted by molar-refractivity contribution is -0.148. The van der Waals surface area contributed by atoms with Crippen LogP contribution >= 0.6 is 0 Å². The van der Waals surface area contributed by atoms with E-state index in [1.807, 2.05) is 33.8 Å². The molecule has 5 heteroatoms. The van der Waals surface area contributed by atoms with E-state index in [2.05, 4.69) is 15.3 Å². The van der Waals surface area contributed by atoms with Crippen molar-refractivity contribution < 1.29 is 9.90 Å². The third kappa shape index (κ3) is 3.18. The van der Waals surface area contributed by atoms with E-state index in [1.54, 1.807) is 0 Å². The molecule has 0 atom stereocenters. The van der Waals surface area contributed by atoms with E-state index in [4.69, 9.17) is 0 Å². The number of rotatable bonds is 6. The van der Waals surface area contributed by atoms with E-state index >= 15 is 0 Å². The van der Waals surface area contributed by atoms with E-state index in [0.29, 0.717) is 31.0 Å². The Morgan fingerprint density at radius 3 is 2.39 bits per heavy atom. The van der Waals surface area contributed by atoms with Gasteiger partial charge in [-0.1, -0.05) is 13.8 Å². The van der Waals surface area contributed by atoms with Crippen molar-refractivity contribution in [3.8, 4) is 0 Å². The number of carboxylic acid groups (broad SMARTS) is 1. The summed E-state index contributed by atoms with van der Waals surface area (Å²) in [6, 6.07) is 1.82. The molecule has 0 aliphatic carbocycles. The Labute approximate surface area is 108 Å². The molecule has 0 bridgehead atoms. The van der Waals surface area contributed by atoms with Gasteiger partial charge in [-0.15, -0.1) is 0 Å². The first-order valence-electron chi connectivity index (χ1n) is 6.23. The maximum atomic E-state index is 11.4. The first-order valence-corrected chi connectivity index (χ1v) is 6.23. The van der Waals surface area contributed by atoms with Crippen molar-refractivity contribution in [2.75, 3.05) is 11.9 Å². The summed E-state index contributed by atoms with van der Waals surface area (Å²) in [5.41, 5.74) is 0.145. The standard InChI is InChI=1S/C13H21N3O2/c1-5-13(6-2,12(17)18)8-14-11-7-9(3)15-10(4)16-11/h7H,5-6,8H2,1-4H3,(H,17,18)(H,14,15,16). The quantitative estimate of drug-likeness (QED) is 0.812. The van der Waals surface area contributed by atoms with E-state index in [1.165, 1.54) is 0 Å². The van der Waals surface area contributed by atoms with Gasteiger partial charge in [0.05, 0.1) is 5.41 Å². The number of hydrogen-bond donors (Lipinski definition) is 2. The molecule has 2 N–H and O–H groups in total. The zero-order chi connectivity index (χ0) is 13.8. The van der Waals surface area contributed by atoms with Gasteiger partial charge in [-0.05, 0) is 26.7 Å². The Hall–Kier alpha value is -1.65. The third-order valence-corrected chi connectivity index (χ3v) is 3.38. The molecule has 1 aromatic rings. The van der Waals surface area contributed by atoms with Crippen LogP contribution in [-0.2, 0) is 4.79 Å². The zero-order valence-corrected chi connectivity index (χ0v) is 11.4. The Bertz CT molecular complexity index is 408. The molecule has 0 fully saturated rings. The Morgan fingerprint density at radius 1 is 1.33 bits per heavy atom. The maximum absolute atomic E-state index is 11.4. The van der Waals surface area contributed by atoms with Crippen molar-refractivity contribution in [3.63, 3.8) is 0 Å². The highest BCUT2D eigenvalue weighted by Gasteiger charge is 2.34. The van der Waals surface area contributed by atoms with E-state index in [-0.39, 0.29) is 0 Å². The van der Waals surface area contributed by atoms with Crippen LogP contribution in [0.1, 0.15) is 38.2 Å². The molecule has 0 radical (unpaired) electrons. The van der Waals surface area contributed by atoms with Gasteiger partial charge in [0, 0.05) is 18.3 Å². The van der Waals surface area contributed by atoms with Crippen LogP contribution in [0.25, 0.3) is 0 Å². The van der Waals surface area contributed by atoms with Crippen molar-refractivity contribution in [2.24, 2.45) is 5.41 Å². The highest BCUT2D eigenvalue weighted by molar-refractivity contribution is 5.75. The number of nitrogens with zero attached hydrogens (tertiary/aromatic N) is 2. The molecule has 1 aromatic heterocycles. The molecule has 100 valence electrons. The monoisotopic (exact) mass is 251 g/mol. The van der Waals surface area contributed by atoms with Crippen LogP contribution in [0.2, 0.25) is 0 Å². The third-order valence-electron chi connectivity index (χ3n) is 3.38. The molecule has 0 saturated carbocycles. The van der Waals surface area contributed by atoms with Crippen LogP contribution in [0.3, 0.4) is 0 Å². The lowest BCUT2D eigenvalue weighted by Crippen LogP contribution is -2.37. The van der Waals surface area contributed by atoms with Gasteiger partial charge >= 0.3 is 5.97 Å². The minimum atomic E-state index is -0.762. The highest BCUT2D eigenvalue weighted by Crippen LogP contribution is 2.27. The summed E-state index contributed by atoms with van der Waals surface area (Å²) in [5.74, 6) is 0.612. The minimum absolute atomic E-state index is 0.380. The molecule has 0 aliphatic rings. The van der Waals surface area contributed by atoms with E-state index in [0.717, 1.165) is 5.69 Å². The Kier molecular flexibility index (Phi) is 4.64. The van der Waals surface area contributed by atoms with Gasteiger partial charge in [-0.2, -0.15) is 0 Å². The molecule has 1 heterocycles. The van der Waals surface area contributed by atoms with Crippen molar-refractivity contribution >= 4 is 11.8 Å². The average Bonchev–Trinajstić information content (AvgIpc) is 2.29. The Balaban J connectivity index is 2.82. The number of anilines is 1. The summed E-state index contributed by atoms with van der Waals surface area (Å²) in [6.07, 6.45) is 1.18. The van der Waals surface area contributed by atoms with Gasteiger partial charge in [0.2, 0.25) is 0 Å². The summed E-state index contributed by atoms with van der Waals surface area (Å²) >= 11 is 0. The fourth-order valence-corrected chi connectivity index (χ4v) is 1.95. The molecule has 0 aromatic carbocycles. The normalized spacial score (nSPS) is 11.3. The number of carboxylic acids is 1. The van der Waals surface area contributed by atoms with Gasteiger partial charge in [0.15, 0.2) is 0 Å². The molecule has 5 nitrogen and oxygen atoms in total. The first kappa shape index (κ1) is 14.4. The van der Waals surface area contributed by atoms with Crippen LogP contribution in [0.4, 0.5) is 5.82 Å². The predicted molar refractivity (Wildman–Crippen MR) is 70.6 cm³/mol. The van der Waals surface area contributed by atoms with Gasteiger partial charge < -0.3 is 10.4 Å². The lowest BCUT2D eigenvalue weighted by atomic mass is 9.82. The highest BCUT2D eigenvalue weighted by atomic mass is 16.4. The van der Waals surface area contributed by atoms with Crippen LogP contribution in [0.15, 0.2) is 6.07 Å². The van der Waals surface area contributed by atoms with Crippen LogP contribution in [0, 0.1) is 19.3 Å². The maximum Gasteiger partial charge on any atom is 0.311 e. The number of nitrogens with one attached hydrogen (secondary N) is 1. The summed E-state index contributed by atoms with van der Waals surface area (Å²) < 4.78 is 0. The number of aliphatic carboxylic acids is 1. The van der Waals surface area contributed by atoms with Crippen molar-refractivity contribution in [3.05, 3.63) is 17.6 Å². The second-order valence-corrected chi connectivity index (χ2v) is 4.59. The zero-order valence-electron chi connectivity index (χ0n) is 11.4. The molecule has 0 saturated heterocycles.